The standard InChI is InChI=1S/C17H17ClN2O3S/c1-11-10-15(17(19)21)14-4-2-3-5-16(14)20(11)24(22,23)13-8-6-12(18)7-9-13/h2-9,11,15H,10H2,1H3,(H2,19,21). The first-order valence-electron chi connectivity index (χ1n) is 7.50. The molecule has 0 radical (unpaired) electrons. The highest BCUT2D eigenvalue weighted by Gasteiger charge is 2.39. The monoisotopic (exact) mass is 364 g/mol. The SMILES string of the molecule is CC1CC(C(N)=O)c2ccccc2N1S(=O)(=O)c1ccc(Cl)cc1. The molecule has 126 valence electrons. The molecule has 1 amide bonds. The quantitative estimate of drug-likeness (QED) is 0.909. The summed E-state index contributed by atoms with van der Waals surface area (Å²) in [5, 5.41) is 0.467. The van der Waals surface area contributed by atoms with Gasteiger partial charge in [0.25, 0.3) is 10.0 Å². The molecule has 0 spiro atoms. The highest BCUT2D eigenvalue weighted by molar-refractivity contribution is 7.92. The molecule has 1 aliphatic heterocycles. The van der Waals surface area contributed by atoms with E-state index in [2.05, 4.69) is 0 Å². The first-order valence-corrected chi connectivity index (χ1v) is 9.32. The van der Waals surface area contributed by atoms with Crippen LogP contribution in [0.3, 0.4) is 0 Å². The summed E-state index contributed by atoms with van der Waals surface area (Å²) < 4.78 is 27.6. The summed E-state index contributed by atoms with van der Waals surface area (Å²) >= 11 is 5.85. The van der Waals surface area contributed by atoms with Gasteiger partial charge in [0.1, 0.15) is 0 Å². The zero-order valence-electron chi connectivity index (χ0n) is 13.0. The second kappa shape index (κ2) is 6.11. The van der Waals surface area contributed by atoms with Crippen LogP contribution < -0.4 is 10.0 Å². The number of benzene rings is 2. The zero-order valence-corrected chi connectivity index (χ0v) is 14.6. The second-order valence-corrected chi connectivity index (χ2v) is 8.10. The number of anilines is 1. The molecule has 2 N–H and O–H groups in total. The van der Waals surface area contributed by atoms with Crippen molar-refractivity contribution in [3.05, 3.63) is 59.1 Å². The van der Waals surface area contributed by atoms with E-state index in [0.29, 0.717) is 22.7 Å². The van der Waals surface area contributed by atoms with Gasteiger partial charge in [0.05, 0.1) is 16.5 Å². The minimum Gasteiger partial charge on any atom is -0.369 e. The number of hydrogen-bond donors (Lipinski definition) is 1. The molecule has 3 rings (SSSR count). The molecular weight excluding hydrogens is 348 g/mol. The molecule has 2 aromatic rings. The fourth-order valence-electron chi connectivity index (χ4n) is 3.14. The van der Waals surface area contributed by atoms with Gasteiger partial charge in [-0.15, -0.1) is 0 Å². The number of nitrogens with two attached hydrogens (primary N) is 1. The number of primary amides is 1. The summed E-state index contributed by atoms with van der Waals surface area (Å²) in [6.07, 6.45) is 0.346. The van der Waals surface area contributed by atoms with E-state index in [9.17, 15) is 13.2 Å². The molecule has 2 atom stereocenters. The van der Waals surface area contributed by atoms with Crippen LogP contribution in [0.25, 0.3) is 0 Å². The first-order chi connectivity index (χ1) is 11.3. The lowest BCUT2D eigenvalue weighted by Crippen LogP contribution is -2.45. The minimum absolute atomic E-state index is 0.158. The molecule has 0 saturated heterocycles. The number of halogens is 1. The predicted octanol–water partition coefficient (Wildman–Crippen LogP) is 2.90. The molecule has 2 aromatic carbocycles. The molecule has 0 fully saturated rings. The third-order valence-electron chi connectivity index (χ3n) is 4.24. The summed E-state index contributed by atoms with van der Waals surface area (Å²) in [5.74, 6) is -0.939. The van der Waals surface area contributed by atoms with Crippen LogP contribution in [0, 0.1) is 0 Å². The van der Waals surface area contributed by atoms with Crippen LogP contribution in [-0.4, -0.2) is 20.4 Å². The summed E-state index contributed by atoms with van der Waals surface area (Å²) in [4.78, 5) is 11.9. The highest BCUT2D eigenvalue weighted by Crippen LogP contribution is 2.41. The van der Waals surface area contributed by atoms with E-state index in [1.54, 1.807) is 43.3 Å². The Morgan fingerprint density at radius 2 is 1.79 bits per heavy atom. The number of nitrogens with zero attached hydrogens (tertiary/aromatic N) is 1. The average molecular weight is 365 g/mol. The number of carbonyl (C=O) groups is 1. The van der Waals surface area contributed by atoms with Crippen LogP contribution in [0.5, 0.6) is 0 Å². The van der Waals surface area contributed by atoms with Crippen LogP contribution in [0.15, 0.2) is 53.4 Å². The summed E-state index contributed by atoms with van der Waals surface area (Å²) in [5.41, 5.74) is 6.64. The third-order valence-corrected chi connectivity index (χ3v) is 6.43. The van der Waals surface area contributed by atoms with Gasteiger partial charge >= 0.3 is 0 Å². The first kappa shape index (κ1) is 16.8. The van der Waals surface area contributed by atoms with Gasteiger partial charge in [0, 0.05) is 11.1 Å². The van der Waals surface area contributed by atoms with Gasteiger partial charge < -0.3 is 5.73 Å². The normalized spacial score (nSPS) is 20.5. The molecule has 7 heteroatoms. The Morgan fingerprint density at radius 3 is 2.42 bits per heavy atom. The molecule has 2 unspecified atom stereocenters. The zero-order chi connectivity index (χ0) is 17.5. The summed E-state index contributed by atoms with van der Waals surface area (Å²) in [7, 11) is -3.77. The molecule has 24 heavy (non-hydrogen) atoms. The number of hydrogen-bond acceptors (Lipinski definition) is 3. The van der Waals surface area contributed by atoms with Crippen molar-refractivity contribution in [1.82, 2.24) is 0 Å². The van der Waals surface area contributed by atoms with Crippen LogP contribution in [0.1, 0.15) is 24.8 Å². The summed E-state index contributed by atoms with van der Waals surface area (Å²) in [6, 6.07) is 12.6. The van der Waals surface area contributed by atoms with Gasteiger partial charge in [-0.1, -0.05) is 29.8 Å². The van der Waals surface area contributed by atoms with Crippen molar-refractivity contribution in [2.24, 2.45) is 5.73 Å². The Kier molecular flexibility index (Phi) is 4.27. The van der Waals surface area contributed by atoms with E-state index < -0.39 is 27.9 Å². The van der Waals surface area contributed by atoms with Crippen LogP contribution >= 0.6 is 11.6 Å². The van der Waals surface area contributed by atoms with Crippen molar-refractivity contribution in [2.45, 2.75) is 30.2 Å². The number of rotatable bonds is 3. The maximum absolute atomic E-state index is 13.1. The highest BCUT2D eigenvalue weighted by atomic mass is 35.5. The Bertz CT molecular complexity index is 881. The Morgan fingerprint density at radius 1 is 1.17 bits per heavy atom. The number of fused-ring (bicyclic) bond motifs is 1. The second-order valence-electron chi connectivity index (χ2n) is 5.85. The van der Waals surface area contributed by atoms with Crippen molar-refractivity contribution in [1.29, 1.82) is 0 Å². The van der Waals surface area contributed by atoms with Gasteiger partial charge in [-0.25, -0.2) is 8.42 Å². The van der Waals surface area contributed by atoms with Crippen LogP contribution in [-0.2, 0) is 14.8 Å². The molecule has 1 heterocycles. The molecule has 1 aliphatic rings. The van der Waals surface area contributed by atoms with E-state index in [1.807, 2.05) is 0 Å². The van der Waals surface area contributed by atoms with Gasteiger partial charge in [-0.2, -0.15) is 0 Å². The van der Waals surface area contributed by atoms with Crippen molar-refractivity contribution >= 4 is 33.2 Å². The van der Waals surface area contributed by atoms with Crippen LogP contribution in [0.2, 0.25) is 5.02 Å². The van der Waals surface area contributed by atoms with Crippen molar-refractivity contribution in [3.63, 3.8) is 0 Å². The lowest BCUT2D eigenvalue weighted by molar-refractivity contribution is -0.119. The predicted molar refractivity (Wildman–Crippen MR) is 93.6 cm³/mol. The molecule has 0 bridgehead atoms. The van der Waals surface area contributed by atoms with Crippen molar-refractivity contribution in [3.8, 4) is 0 Å². The topological polar surface area (TPSA) is 80.5 Å². The average Bonchev–Trinajstić information content (AvgIpc) is 2.54. The summed E-state index contributed by atoms with van der Waals surface area (Å²) in [6.45, 7) is 1.78. The lowest BCUT2D eigenvalue weighted by atomic mass is 9.87. The van der Waals surface area contributed by atoms with E-state index >= 15 is 0 Å². The fourth-order valence-corrected chi connectivity index (χ4v) is 4.96. The number of carbonyl (C=O) groups excluding carboxylic acids is 1. The van der Waals surface area contributed by atoms with Gasteiger partial charge in [0.2, 0.25) is 5.91 Å². The Balaban J connectivity index is 2.15. The largest absolute Gasteiger partial charge is 0.369 e. The van der Waals surface area contributed by atoms with E-state index in [0.717, 1.165) is 0 Å². The number of amides is 1. The van der Waals surface area contributed by atoms with Crippen LogP contribution in [0.4, 0.5) is 5.69 Å². The van der Waals surface area contributed by atoms with Gasteiger partial charge in [-0.05, 0) is 49.2 Å². The Labute approximate surface area is 146 Å². The fraction of sp³-hybridized carbons (Fsp3) is 0.235. The Hall–Kier alpha value is -2.05. The third kappa shape index (κ3) is 2.76. The van der Waals surface area contributed by atoms with Crippen molar-refractivity contribution < 1.29 is 13.2 Å². The van der Waals surface area contributed by atoms with E-state index in [1.165, 1.54) is 16.4 Å². The number of para-hydroxylation sites is 1. The maximum Gasteiger partial charge on any atom is 0.264 e. The molecule has 0 aliphatic carbocycles. The van der Waals surface area contributed by atoms with Crippen molar-refractivity contribution in [2.75, 3.05) is 4.31 Å². The smallest absolute Gasteiger partial charge is 0.264 e. The van der Waals surface area contributed by atoms with E-state index in [4.69, 9.17) is 17.3 Å². The minimum atomic E-state index is -3.77. The molecular formula is C17H17ClN2O3S. The van der Waals surface area contributed by atoms with Gasteiger partial charge in [0.15, 0.2) is 0 Å². The molecule has 0 aromatic heterocycles. The maximum atomic E-state index is 13.1. The molecule has 0 saturated carbocycles. The van der Waals surface area contributed by atoms with E-state index in [-0.39, 0.29) is 4.90 Å². The lowest BCUT2D eigenvalue weighted by Gasteiger charge is -2.38. The molecule has 5 nitrogen and oxygen atoms in total. The van der Waals surface area contributed by atoms with Gasteiger partial charge in [-0.3, -0.25) is 9.10 Å². The number of sulfonamides is 1.